The number of ether oxygens (including phenoxy) is 1. The van der Waals surface area contributed by atoms with E-state index in [0.717, 1.165) is 17.0 Å². The van der Waals surface area contributed by atoms with Crippen LogP contribution in [0, 0.1) is 0 Å². The van der Waals surface area contributed by atoms with Crippen molar-refractivity contribution >= 4 is 33.9 Å². The maximum absolute atomic E-state index is 12.2. The van der Waals surface area contributed by atoms with Gasteiger partial charge in [0.15, 0.2) is 5.82 Å². The highest BCUT2D eigenvalue weighted by molar-refractivity contribution is 7.14. The number of hydrogen-bond donors (Lipinski definition) is 1. The van der Waals surface area contributed by atoms with Crippen LogP contribution in [0.25, 0.3) is 10.7 Å². The van der Waals surface area contributed by atoms with Gasteiger partial charge in [0.1, 0.15) is 5.75 Å². The summed E-state index contributed by atoms with van der Waals surface area (Å²) in [6.45, 7) is 2.72. The number of anilines is 1. The Kier molecular flexibility index (Phi) is 4.99. The Morgan fingerprint density at radius 1 is 1.26 bits per heavy atom. The van der Waals surface area contributed by atoms with E-state index in [0.29, 0.717) is 23.1 Å². The van der Waals surface area contributed by atoms with Gasteiger partial charge in [-0.1, -0.05) is 13.0 Å². The summed E-state index contributed by atoms with van der Waals surface area (Å²) in [5.41, 5.74) is 0.557. The summed E-state index contributed by atoms with van der Waals surface area (Å²) >= 11 is 2.74. The lowest BCUT2D eigenvalue weighted by Crippen LogP contribution is -2.11. The summed E-state index contributed by atoms with van der Waals surface area (Å²) in [6, 6.07) is 11.0. The zero-order chi connectivity index (χ0) is 16.1. The average molecular weight is 345 g/mol. The van der Waals surface area contributed by atoms with Crippen LogP contribution in [-0.2, 0) is 0 Å². The van der Waals surface area contributed by atoms with Crippen molar-refractivity contribution in [3.05, 3.63) is 47.3 Å². The van der Waals surface area contributed by atoms with Crippen LogP contribution in [0.15, 0.2) is 41.8 Å². The summed E-state index contributed by atoms with van der Waals surface area (Å²) < 4.78 is 9.76. The summed E-state index contributed by atoms with van der Waals surface area (Å²) in [5.74, 6) is 1.20. The molecular weight excluding hydrogens is 330 g/mol. The van der Waals surface area contributed by atoms with Crippen LogP contribution < -0.4 is 10.1 Å². The van der Waals surface area contributed by atoms with E-state index in [-0.39, 0.29) is 5.91 Å². The number of rotatable bonds is 6. The van der Waals surface area contributed by atoms with Crippen LogP contribution in [0.5, 0.6) is 5.75 Å². The Bertz CT molecular complexity index is 767. The van der Waals surface area contributed by atoms with E-state index in [2.05, 4.69) is 14.7 Å². The van der Waals surface area contributed by atoms with Gasteiger partial charge in [-0.3, -0.25) is 10.1 Å². The van der Waals surface area contributed by atoms with Crippen LogP contribution in [0.2, 0.25) is 0 Å². The molecule has 0 radical (unpaired) electrons. The minimum Gasteiger partial charge on any atom is -0.494 e. The number of nitrogens with one attached hydrogen (secondary N) is 1. The van der Waals surface area contributed by atoms with E-state index in [4.69, 9.17) is 4.74 Å². The van der Waals surface area contributed by atoms with E-state index in [1.165, 1.54) is 11.5 Å². The standard InChI is InChI=1S/C16H15N3O2S2/c1-2-9-21-12-7-5-11(6-8-12)15(20)18-16-17-14(19-23-16)13-4-3-10-22-13/h3-8,10H,2,9H2,1H3,(H,17,18,19,20). The normalized spacial score (nSPS) is 10.5. The zero-order valence-corrected chi connectivity index (χ0v) is 14.1. The fraction of sp³-hybridized carbons (Fsp3) is 0.188. The molecule has 7 heteroatoms. The van der Waals surface area contributed by atoms with E-state index in [1.807, 2.05) is 24.4 Å². The van der Waals surface area contributed by atoms with Crippen molar-refractivity contribution in [2.75, 3.05) is 11.9 Å². The van der Waals surface area contributed by atoms with Crippen molar-refractivity contribution < 1.29 is 9.53 Å². The fourth-order valence-electron chi connectivity index (χ4n) is 1.87. The molecule has 1 amide bonds. The molecule has 23 heavy (non-hydrogen) atoms. The van der Waals surface area contributed by atoms with Crippen molar-refractivity contribution in [2.45, 2.75) is 13.3 Å². The molecule has 2 aromatic heterocycles. The Morgan fingerprint density at radius 3 is 2.78 bits per heavy atom. The molecule has 0 bridgehead atoms. The lowest BCUT2D eigenvalue weighted by molar-refractivity contribution is 0.102. The molecule has 3 aromatic rings. The third-order valence-electron chi connectivity index (χ3n) is 2.98. The second-order valence-electron chi connectivity index (χ2n) is 4.73. The molecule has 0 saturated heterocycles. The first-order valence-electron chi connectivity index (χ1n) is 7.18. The third kappa shape index (κ3) is 3.94. The van der Waals surface area contributed by atoms with Crippen LogP contribution in [0.3, 0.4) is 0 Å². The van der Waals surface area contributed by atoms with Gasteiger partial charge in [0.25, 0.3) is 5.91 Å². The molecular formula is C16H15N3O2S2. The SMILES string of the molecule is CCCOc1ccc(C(=O)Nc2nc(-c3cccs3)ns2)cc1. The van der Waals surface area contributed by atoms with Crippen LogP contribution in [-0.4, -0.2) is 21.9 Å². The van der Waals surface area contributed by atoms with Crippen LogP contribution >= 0.6 is 22.9 Å². The van der Waals surface area contributed by atoms with Crippen LogP contribution in [0.4, 0.5) is 5.13 Å². The number of benzene rings is 1. The first kappa shape index (κ1) is 15.6. The molecule has 0 atom stereocenters. The molecule has 5 nitrogen and oxygen atoms in total. The molecule has 1 N–H and O–H groups in total. The maximum atomic E-state index is 12.2. The minimum atomic E-state index is -0.207. The Labute approximate surface area is 142 Å². The molecule has 2 heterocycles. The van der Waals surface area contributed by atoms with Gasteiger partial charge in [0.05, 0.1) is 11.5 Å². The average Bonchev–Trinajstić information content (AvgIpc) is 3.24. The topological polar surface area (TPSA) is 64.1 Å². The van der Waals surface area contributed by atoms with Gasteiger partial charge in [-0.25, -0.2) is 0 Å². The summed E-state index contributed by atoms with van der Waals surface area (Å²) in [5, 5.41) is 5.23. The lowest BCUT2D eigenvalue weighted by Gasteiger charge is -2.05. The number of amides is 1. The predicted molar refractivity (Wildman–Crippen MR) is 93.4 cm³/mol. The monoisotopic (exact) mass is 345 g/mol. The molecule has 0 saturated carbocycles. The van der Waals surface area contributed by atoms with Crippen LogP contribution in [0.1, 0.15) is 23.7 Å². The molecule has 0 unspecified atom stereocenters. The maximum Gasteiger partial charge on any atom is 0.257 e. The second-order valence-corrected chi connectivity index (χ2v) is 6.43. The fourth-order valence-corrected chi connectivity index (χ4v) is 3.16. The highest BCUT2D eigenvalue weighted by Crippen LogP contribution is 2.25. The van der Waals surface area contributed by atoms with Crippen molar-refractivity contribution in [3.63, 3.8) is 0 Å². The molecule has 0 aliphatic rings. The predicted octanol–water partition coefficient (Wildman–Crippen LogP) is 4.31. The molecule has 0 fully saturated rings. The number of aromatic nitrogens is 2. The second kappa shape index (κ2) is 7.34. The van der Waals surface area contributed by atoms with Gasteiger partial charge in [0, 0.05) is 17.1 Å². The molecule has 118 valence electrons. The minimum absolute atomic E-state index is 0.207. The van der Waals surface area contributed by atoms with Gasteiger partial charge in [-0.15, -0.1) is 11.3 Å². The van der Waals surface area contributed by atoms with Gasteiger partial charge in [0.2, 0.25) is 5.13 Å². The van der Waals surface area contributed by atoms with Crippen molar-refractivity contribution in [1.82, 2.24) is 9.36 Å². The van der Waals surface area contributed by atoms with Crippen molar-refractivity contribution in [3.8, 4) is 16.5 Å². The molecule has 3 rings (SSSR count). The first-order valence-corrected chi connectivity index (χ1v) is 8.83. The van der Waals surface area contributed by atoms with Gasteiger partial charge >= 0.3 is 0 Å². The summed E-state index contributed by atoms with van der Waals surface area (Å²) in [7, 11) is 0. The van der Waals surface area contributed by atoms with E-state index < -0.39 is 0 Å². The Balaban J connectivity index is 1.65. The first-order chi connectivity index (χ1) is 11.3. The van der Waals surface area contributed by atoms with Crippen molar-refractivity contribution in [1.29, 1.82) is 0 Å². The molecule has 0 spiro atoms. The zero-order valence-electron chi connectivity index (χ0n) is 12.5. The van der Waals surface area contributed by atoms with E-state index in [9.17, 15) is 4.79 Å². The lowest BCUT2D eigenvalue weighted by atomic mass is 10.2. The number of hydrogen-bond acceptors (Lipinski definition) is 6. The number of nitrogens with zero attached hydrogens (tertiary/aromatic N) is 2. The van der Waals surface area contributed by atoms with Gasteiger partial charge < -0.3 is 4.74 Å². The van der Waals surface area contributed by atoms with E-state index >= 15 is 0 Å². The number of carbonyl (C=O) groups is 1. The smallest absolute Gasteiger partial charge is 0.257 e. The Morgan fingerprint density at radius 2 is 2.09 bits per heavy atom. The number of carbonyl (C=O) groups excluding carboxylic acids is 1. The quantitative estimate of drug-likeness (QED) is 0.723. The third-order valence-corrected chi connectivity index (χ3v) is 4.47. The Hall–Kier alpha value is -2.25. The number of thiophene rings is 1. The summed E-state index contributed by atoms with van der Waals surface area (Å²) in [6.07, 6.45) is 0.950. The largest absolute Gasteiger partial charge is 0.494 e. The van der Waals surface area contributed by atoms with Crippen molar-refractivity contribution in [2.24, 2.45) is 0 Å². The van der Waals surface area contributed by atoms with E-state index in [1.54, 1.807) is 35.6 Å². The molecule has 1 aromatic carbocycles. The highest BCUT2D eigenvalue weighted by atomic mass is 32.1. The summed E-state index contributed by atoms with van der Waals surface area (Å²) in [4.78, 5) is 17.5. The highest BCUT2D eigenvalue weighted by Gasteiger charge is 2.11. The molecule has 0 aliphatic carbocycles. The molecule has 0 aliphatic heterocycles. The van der Waals surface area contributed by atoms with Gasteiger partial charge in [-0.2, -0.15) is 9.36 Å². The van der Waals surface area contributed by atoms with Gasteiger partial charge in [-0.05, 0) is 42.1 Å².